The van der Waals surface area contributed by atoms with Gasteiger partial charge in [0.15, 0.2) is 9.84 Å². The van der Waals surface area contributed by atoms with Gasteiger partial charge >= 0.3 is 0 Å². The number of nitrogens with one attached hydrogen (secondary N) is 1. The molecular formula is C14H21NO4S2. The lowest BCUT2D eigenvalue weighted by molar-refractivity contribution is 0.0936. The van der Waals surface area contributed by atoms with Gasteiger partial charge in [0, 0.05) is 23.1 Å². The van der Waals surface area contributed by atoms with Crippen molar-refractivity contribution in [1.82, 2.24) is 5.32 Å². The SMILES string of the molecule is CSC(CO)C(C)NC(=O)c1ccc(CS(C)(=O)=O)cc1. The number of amides is 1. The molecule has 0 heterocycles. The van der Waals surface area contributed by atoms with E-state index in [-0.39, 0.29) is 29.6 Å². The van der Waals surface area contributed by atoms with E-state index in [1.54, 1.807) is 24.3 Å². The molecule has 1 amide bonds. The molecule has 0 aliphatic heterocycles. The smallest absolute Gasteiger partial charge is 0.251 e. The van der Waals surface area contributed by atoms with Crippen LogP contribution in [0.3, 0.4) is 0 Å². The van der Waals surface area contributed by atoms with E-state index < -0.39 is 9.84 Å². The number of hydrogen-bond donors (Lipinski definition) is 2. The van der Waals surface area contributed by atoms with Gasteiger partial charge in [-0.25, -0.2) is 8.42 Å². The molecule has 0 fully saturated rings. The number of hydrogen-bond acceptors (Lipinski definition) is 5. The minimum absolute atomic E-state index is 0.00406. The van der Waals surface area contributed by atoms with Crippen molar-refractivity contribution in [2.24, 2.45) is 0 Å². The number of sulfone groups is 1. The number of carbonyl (C=O) groups excluding carboxylic acids is 1. The van der Waals surface area contributed by atoms with Crippen LogP contribution in [0.5, 0.6) is 0 Å². The second kappa shape index (κ2) is 7.82. The van der Waals surface area contributed by atoms with Gasteiger partial charge in [0.2, 0.25) is 0 Å². The highest BCUT2D eigenvalue weighted by molar-refractivity contribution is 7.99. The zero-order valence-corrected chi connectivity index (χ0v) is 14.0. The summed E-state index contributed by atoms with van der Waals surface area (Å²) in [6, 6.07) is 6.33. The van der Waals surface area contributed by atoms with Gasteiger partial charge in [-0.2, -0.15) is 11.8 Å². The molecule has 2 atom stereocenters. The predicted molar refractivity (Wildman–Crippen MR) is 86.3 cm³/mol. The predicted octanol–water partition coefficient (Wildman–Crippen LogP) is 1.07. The van der Waals surface area contributed by atoms with Crippen molar-refractivity contribution < 1.29 is 18.3 Å². The highest BCUT2D eigenvalue weighted by atomic mass is 32.2. The maximum Gasteiger partial charge on any atom is 0.251 e. The van der Waals surface area contributed by atoms with Crippen LogP contribution >= 0.6 is 11.8 Å². The first-order valence-corrected chi connectivity index (χ1v) is 9.83. The van der Waals surface area contributed by atoms with Crippen molar-refractivity contribution in [2.45, 2.75) is 24.0 Å². The molecule has 2 unspecified atom stereocenters. The number of aliphatic hydroxyl groups excluding tert-OH is 1. The Kier molecular flexibility index (Phi) is 6.70. The standard InChI is InChI=1S/C14H21NO4S2/c1-10(13(8-16)20-2)15-14(17)12-6-4-11(5-7-12)9-21(3,18)19/h4-7,10,13,16H,8-9H2,1-3H3,(H,15,17). The molecule has 0 aromatic heterocycles. The molecule has 1 aromatic carbocycles. The van der Waals surface area contributed by atoms with Crippen LogP contribution in [-0.2, 0) is 15.6 Å². The molecule has 0 bridgehead atoms. The fraction of sp³-hybridized carbons (Fsp3) is 0.500. The third-order valence-corrected chi connectivity index (χ3v) is 5.06. The molecule has 0 radical (unpaired) electrons. The largest absolute Gasteiger partial charge is 0.395 e. The third kappa shape index (κ3) is 6.07. The average molecular weight is 331 g/mol. The quantitative estimate of drug-likeness (QED) is 0.781. The van der Waals surface area contributed by atoms with Crippen LogP contribution in [0.2, 0.25) is 0 Å². The lowest BCUT2D eigenvalue weighted by Crippen LogP contribution is -2.41. The van der Waals surface area contributed by atoms with Crippen LogP contribution in [0.1, 0.15) is 22.8 Å². The summed E-state index contributed by atoms with van der Waals surface area (Å²) < 4.78 is 22.4. The minimum Gasteiger partial charge on any atom is -0.395 e. The number of carbonyl (C=O) groups is 1. The first-order chi connectivity index (χ1) is 9.76. The second-order valence-electron chi connectivity index (χ2n) is 4.99. The fourth-order valence-corrected chi connectivity index (χ4v) is 3.30. The maximum absolute atomic E-state index is 12.1. The van der Waals surface area contributed by atoms with E-state index in [0.717, 1.165) is 0 Å². The topological polar surface area (TPSA) is 83.5 Å². The Morgan fingerprint density at radius 2 is 1.90 bits per heavy atom. The third-order valence-electron chi connectivity index (χ3n) is 3.04. The first kappa shape index (κ1) is 18.0. The van der Waals surface area contributed by atoms with E-state index in [9.17, 15) is 18.3 Å². The van der Waals surface area contributed by atoms with Gasteiger partial charge in [-0.15, -0.1) is 0 Å². The van der Waals surface area contributed by atoms with Crippen LogP contribution in [0.25, 0.3) is 0 Å². The van der Waals surface area contributed by atoms with Gasteiger partial charge in [-0.3, -0.25) is 4.79 Å². The van der Waals surface area contributed by atoms with E-state index in [2.05, 4.69) is 5.32 Å². The molecule has 21 heavy (non-hydrogen) atoms. The number of aliphatic hydroxyl groups is 1. The minimum atomic E-state index is -3.08. The number of benzene rings is 1. The Hall–Kier alpha value is -1.05. The molecule has 1 rings (SSSR count). The van der Waals surface area contributed by atoms with Crippen LogP contribution in [0.4, 0.5) is 0 Å². The summed E-state index contributed by atoms with van der Waals surface area (Å²) >= 11 is 1.49. The van der Waals surface area contributed by atoms with Crippen molar-refractivity contribution in [3.8, 4) is 0 Å². The first-order valence-electron chi connectivity index (χ1n) is 6.48. The Balaban J connectivity index is 2.71. The van der Waals surface area contributed by atoms with Crippen LogP contribution in [0, 0.1) is 0 Å². The highest BCUT2D eigenvalue weighted by Crippen LogP contribution is 2.12. The zero-order chi connectivity index (χ0) is 16.0. The summed E-state index contributed by atoms with van der Waals surface area (Å²) in [5.74, 6) is -0.273. The van der Waals surface area contributed by atoms with Gasteiger partial charge in [0.1, 0.15) is 0 Å². The molecule has 7 heteroatoms. The van der Waals surface area contributed by atoms with E-state index >= 15 is 0 Å². The molecule has 0 saturated carbocycles. The van der Waals surface area contributed by atoms with Crippen LogP contribution in [0.15, 0.2) is 24.3 Å². The van der Waals surface area contributed by atoms with Gasteiger partial charge in [0.25, 0.3) is 5.91 Å². The van der Waals surface area contributed by atoms with Crippen molar-refractivity contribution in [1.29, 1.82) is 0 Å². The van der Waals surface area contributed by atoms with Crippen molar-refractivity contribution in [2.75, 3.05) is 19.1 Å². The number of rotatable bonds is 7. The Labute approximate surface area is 130 Å². The van der Waals surface area contributed by atoms with E-state index in [0.29, 0.717) is 11.1 Å². The Bertz CT molecular complexity index is 565. The molecule has 118 valence electrons. The summed E-state index contributed by atoms with van der Waals surface area (Å²) in [5, 5.41) is 12.0. The highest BCUT2D eigenvalue weighted by Gasteiger charge is 2.18. The Morgan fingerprint density at radius 1 is 1.33 bits per heavy atom. The van der Waals surface area contributed by atoms with E-state index in [1.807, 2.05) is 13.2 Å². The lowest BCUT2D eigenvalue weighted by Gasteiger charge is -2.21. The lowest BCUT2D eigenvalue weighted by atomic mass is 10.1. The molecule has 0 spiro atoms. The fourth-order valence-electron chi connectivity index (χ4n) is 1.87. The average Bonchev–Trinajstić information content (AvgIpc) is 2.39. The van der Waals surface area contributed by atoms with Gasteiger partial charge in [-0.1, -0.05) is 12.1 Å². The molecule has 1 aromatic rings. The number of thioether (sulfide) groups is 1. The monoisotopic (exact) mass is 331 g/mol. The van der Waals surface area contributed by atoms with Crippen LogP contribution < -0.4 is 5.32 Å². The van der Waals surface area contributed by atoms with Crippen LogP contribution in [-0.4, -0.2) is 49.8 Å². The summed E-state index contributed by atoms with van der Waals surface area (Å²) in [7, 11) is -3.08. The van der Waals surface area contributed by atoms with E-state index in [4.69, 9.17) is 0 Å². The summed E-state index contributed by atoms with van der Waals surface area (Å²) in [5.41, 5.74) is 1.12. The summed E-state index contributed by atoms with van der Waals surface area (Å²) in [4.78, 5) is 12.1. The molecule has 5 nitrogen and oxygen atoms in total. The van der Waals surface area contributed by atoms with Gasteiger partial charge in [-0.05, 0) is 30.9 Å². The molecule has 0 saturated heterocycles. The molecule has 0 aliphatic rings. The van der Waals surface area contributed by atoms with Crippen molar-refractivity contribution in [3.63, 3.8) is 0 Å². The van der Waals surface area contributed by atoms with E-state index in [1.165, 1.54) is 18.0 Å². The zero-order valence-electron chi connectivity index (χ0n) is 12.4. The van der Waals surface area contributed by atoms with Gasteiger partial charge < -0.3 is 10.4 Å². The second-order valence-corrected chi connectivity index (χ2v) is 8.20. The van der Waals surface area contributed by atoms with Crippen molar-refractivity contribution in [3.05, 3.63) is 35.4 Å². The normalized spacial score (nSPS) is 14.5. The Morgan fingerprint density at radius 3 is 2.33 bits per heavy atom. The maximum atomic E-state index is 12.1. The molecule has 2 N–H and O–H groups in total. The summed E-state index contributed by atoms with van der Waals surface area (Å²) in [6.07, 6.45) is 3.05. The van der Waals surface area contributed by atoms with Gasteiger partial charge in [0.05, 0.1) is 12.4 Å². The summed E-state index contributed by atoms with van der Waals surface area (Å²) in [6.45, 7) is 1.84. The van der Waals surface area contributed by atoms with Crippen molar-refractivity contribution >= 4 is 27.5 Å². The molecular weight excluding hydrogens is 310 g/mol. The molecule has 0 aliphatic carbocycles.